The molecule has 0 bridgehead atoms. The van der Waals surface area contributed by atoms with E-state index >= 15 is 0 Å². The average Bonchev–Trinajstić information content (AvgIpc) is 2.70. The predicted molar refractivity (Wildman–Crippen MR) is 69.2 cm³/mol. The van der Waals surface area contributed by atoms with Gasteiger partial charge in [-0.1, -0.05) is 0 Å². The van der Waals surface area contributed by atoms with Crippen molar-refractivity contribution < 1.29 is 5.11 Å². The zero-order valence-corrected chi connectivity index (χ0v) is 9.83. The fraction of sp³-hybridized carbons (Fsp3) is 0.0769. The number of aryl methyl sites for hydroxylation is 1. The van der Waals surface area contributed by atoms with Crippen LogP contribution in [0, 0.1) is 6.92 Å². The molecule has 0 aliphatic carbocycles. The van der Waals surface area contributed by atoms with Crippen molar-refractivity contribution in [2.45, 2.75) is 6.92 Å². The van der Waals surface area contributed by atoms with Crippen molar-refractivity contribution in [3.05, 3.63) is 42.5 Å². The Morgan fingerprint density at radius 1 is 1.22 bits per heavy atom. The molecule has 0 unspecified atom stereocenters. The fourth-order valence-corrected chi connectivity index (χ4v) is 2.03. The lowest BCUT2D eigenvalue weighted by molar-refractivity contribution is 0.475. The fourth-order valence-electron chi connectivity index (χ4n) is 2.03. The Hall–Kier alpha value is -2.56. The van der Waals surface area contributed by atoms with E-state index in [1.807, 2.05) is 29.7 Å². The van der Waals surface area contributed by atoms with Gasteiger partial charge in [0.05, 0.1) is 0 Å². The normalized spacial score (nSPS) is 10.9. The first-order chi connectivity index (χ1) is 8.66. The van der Waals surface area contributed by atoms with Gasteiger partial charge in [0, 0.05) is 18.0 Å². The van der Waals surface area contributed by atoms with Crippen molar-refractivity contribution in [2.75, 3.05) is 5.73 Å². The number of nitrogen functional groups attached to an aromatic ring is 1. The summed E-state index contributed by atoms with van der Waals surface area (Å²) in [4.78, 5) is 8.60. The lowest BCUT2D eigenvalue weighted by Crippen LogP contribution is -1.96. The largest absolute Gasteiger partial charge is 0.508 e. The van der Waals surface area contributed by atoms with Crippen molar-refractivity contribution in [1.29, 1.82) is 0 Å². The van der Waals surface area contributed by atoms with E-state index in [1.165, 1.54) is 0 Å². The highest BCUT2D eigenvalue weighted by atomic mass is 16.3. The molecule has 5 heteroatoms. The molecule has 0 saturated carbocycles. The molecule has 0 radical (unpaired) electrons. The van der Waals surface area contributed by atoms with Crippen LogP contribution in [0.25, 0.3) is 16.8 Å². The Balaban J connectivity index is 2.32. The molecule has 3 rings (SSSR count). The highest BCUT2D eigenvalue weighted by Crippen LogP contribution is 2.28. The zero-order chi connectivity index (χ0) is 12.7. The minimum atomic E-state index is 0.227. The molecule has 1 aromatic carbocycles. The topological polar surface area (TPSA) is 76.4 Å². The summed E-state index contributed by atoms with van der Waals surface area (Å²) in [5.74, 6) is 1.52. The molecule has 2 aromatic heterocycles. The molecular formula is C13H12N4O. The van der Waals surface area contributed by atoms with Crippen LogP contribution in [-0.2, 0) is 0 Å². The second-order valence-electron chi connectivity index (χ2n) is 4.09. The van der Waals surface area contributed by atoms with Gasteiger partial charge in [-0.25, -0.2) is 9.97 Å². The van der Waals surface area contributed by atoms with Crippen LogP contribution in [0.1, 0.15) is 5.82 Å². The van der Waals surface area contributed by atoms with Gasteiger partial charge in [0.15, 0.2) is 0 Å². The van der Waals surface area contributed by atoms with E-state index < -0.39 is 0 Å². The number of hydrogen-bond donors (Lipinski definition) is 2. The summed E-state index contributed by atoms with van der Waals surface area (Å²) in [6, 6.07) is 6.87. The van der Waals surface area contributed by atoms with Gasteiger partial charge in [0.2, 0.25) is 0 Å². The second-order valence-corrected chi connectivity index (χ2v) is 4.09. The van der Waals surface area contributed by atoms with Crippen LogP contribution in [0.15, 0.2) is 36.7 Å². The molecule has 0 fully saturated rings. The summed E-state index contributed by atoms with van der Waals surface area (Å²) in [6.07, 6.45) is 3.48. The summed E-state index contributed by atoms with van der Waals surface area (Å²) < 4.78 is 1.91. The van der Waals surface area contributed by atoms with E-state index in [1.54, 1.807) is 18.3 Å². The van der Waals surface area contributed by atoms with Crippen LogP contribution in [-0.4, -0.2) is 19.5 Å². The Morgan fingerprint density at radius 3 is 2.67 bits per heavy atom. The molecule has 18 heavy (non-hydrogen) atoms. The second kappa shape index (κ2) is 3.73. The van der Waals surface area contributed by atoms with Gasteiger partial charge < -0.3 is 10.8 Å². The lowest BCUT2D eigenvalue weighted by atomic mass is 10.1. The maximum atomic E-state index is 9.31. The highest BCUT2D eigenvalue weighted by molar-refractivity contribution is 5.85. The number of nitrogens with zero attached hydrogens (tertiary/aromatic N) is 3. The smallest absolute Gasteiger partial charge is 0.150 e. The molecule has 3 aromatic rings. The van der Waals surface area contributed by atoms with Crippen molar-refractivity contribution in [3.8, 4) is 17.0 Å². The quantitative estimate of drug-likeness (QED) is 0.682. The molecule has 0 amide bonds. The minimum Gasteiger partial charge on any atom is -0.508 e. The number of phenols is 1. The van der Waals surface area contributed by atoms with E-state index in [9.17, 15) is 5.11 Å². The summed E-state index contributed by atoms with van der Waals surface area (Å²) in [6.45, 7) is 1.91. The van der Waals surface area contributed by atoms with Gasteiger partial charge in [0.1, 0.15) is 28.6 Å². The molecule has 0 atom stereocenters. The van der Waals surface area contributed by atoms with Gasteiger partial charge in [-0.05, 0) is 31.2 Å². The predicted octanol–water partition coefficient (Wildman–Crippen LogP) is 1.99. The van der Waals surface area contributed by atoms with Crippen molar-refractivity contribution in [2.24, 2.45) is 0 Å². The number of aromatic hydroxyl groups is 1. The number of imidazole rings is 1. The third-order valence-corrected chi connectivity index (χ3v) is 2.90. The number of hydrogen-bond acceptors (Lipinski definition) is 4. The van der Waals surface area contributed by atoms with Crippen LogP contribution < -0.4 is 5.73 Å². The average molecular weight is 240 g/mol. The number of aromatic nitrogens is 3. The number of fused-ring (bicyclic) bond motifs is 1. The van der Waals surface area contributed by atoms with Gasteiger partial charge in [0.25, 0.3) is 0 Å². The van der Waals surface area contributed by atoms with Crippen LogP contribution in [0.2, 0.25) is 0 Å². The van der Waals surface area contributed by atoms with E-state index in [0.29, 0.717) is 5.82 Å². The van der Waals surface area contributed by atoms with Crippen LogP contribution in [0.4, 0.5) is 5.82 Å². The molecule has 0 aliphatic rings. The van der Waals surface area contributed by atoms with E-state index in [0.717, 1.165) is 22.6 Å². The Labute approximate surface area is 104 Å². The number of nitrogens with two attached hydrogens (primary N) is 1. The maximum absolute atomic E-state index is 9.31. The van der Waals surface area contributed by atoms with E-state index in [-0.39, 0.29) is 5.75 Å². The van der Waals surface area contributed by atoms with Gasteiger partial charge in [-0.3, -0.25) is 4.40 Å². The van der Waals surface area contributed by atoms with Crippen LogP contribution in [0.3, 0.4) is 0 Å². The number of benzene rings is 1. The monoisotopic (exact) mass is 240 g/mol. The number of rotatable bonds is 1. The first-order valence-corrected chi connectivity index (χ1v) is 5.55. The Bertz CT molecular complexity index is 716. The molecule has 0 aliphatic heterocycles. The SMILES string of the molecule is Cc1nc(-c2ccc(O)cc2)c2c(N)nccn12. The standard InChI is InChI=1S/C13H12N4O/c1-8-16-11(9-2-4-10(18)5-3-9)12-13(14)15-6-7-17(8)12/h2-7,18H,1H3,(H2,14,15). The molecule has 0 spiro atoms. The molecule has 2 heterocycles. The van der Waals surface area contributed by atoms with E-state index in [4.69, 9.17) is 5.73 Å². The van der Waals surface area contributed by atoms with Crippen molar-refractivity contribution >= 4 is 11.3 Å². The van der Waals surface area contributed by atoms with Gasteiger partial charge in [-0.15, -0.1) is 0 Å². The van der Waals surface area contributed by atoms with Crippen LogP contribution >= 0.6 is 0 Å². The lowest BCUT2D eigenvalue weighted by Gasteiger charge is -2.01. The summed E-state index contributed by atoms with van der Waals surface area (Å²) in [5.41, 5.74) is 8.39. The molecule has 90 valence electrons. The Kier molecular flexibility index (Phi) is 2.19. The zero-order valence-electron chi connectivity index (χ0n) is 9.83. The third-order valence-electron chi connectivity index (χ3n) is 2.90. The van der Waals surface area contributed by atoms with Crippen molar-refractivity contribution in [1.82, 2.24) is 14.4 Å². The van der Waals surface area contributed by atoms with Crippen molar-refractivity contribution in [3.63, 3.8) is 0 Å². The number of phenolic OH excluding ortho intramolecular Hbond substituents is 1. The molecular weight excluding hydrogens is 228 g/mol. The molecule has 3 N–H and O–H groups in total. The van der Waals surface area contributed by atoms with Gasteiger partial charge >= 0.3 is 0 Å². The first-order valence-electron chi connectivity index (χ1n) is 5.55. The summed E-state index contributed by atoms with van der Waals surface area (Å²) in [5, 5.41) is 9.31. The third kappa shape index (κ3) is 1.48. The maximum Gasteiger partial charge on any atom is 0.150 e. The van der Waals surface area contributed by atoms with Crippen LogP contribution in [0.5, 0.6) is 5.75 Å². The highest BCUT2D eigenvalue weighted by Gasteiger charge is 2.13. The molecule has 0 saturated heterocycles. The first kappa shape index (κ1) is 10.6. The summed E-state index contributed by atoms with van der Waals surface area (Å²) >= 11 is 0. The van der Waals surface area contributed by atoms with Gasteiger partial charge in [-0.2, -0.15) is 0 Å². The number of anilines is 1. The Morgan fingerprint density at radius 2 is 1.94 bits per heavy atom. The summed E-state index contributed by atoms with van der Waals surface area (Å²) in [7, 11) is 0. The molecule has 5 nitrogen and oxygen atoms in total. The van der Waals surface area contributed by atoms with E-state index in [2.05, 4.69) is 9.97 Å². The minimum absolute atomic E-state index is 0.227.